The lowest BCUT2D eigenvalue weighted by atomic mass is 9.78. The highest BCUT2D eigenvalue weighted by atomic mass is 16.4. The molecule has 0 aromatic heterocycles. The predicted octanol–water partition coefficient (Wildman–Crippen LogP) is 2.85. The van der Waals surface area contributed by atoms with Gasteiger partial charge in [-0.05, 0) is 37.0 Å². The van der Waals surface area contributed by atoms with E-state index in [1.54, 1.807) is 0 Å². The van der Waals surface area contributed by atoms with Crippen LogP contribution in [0.25, 0.3) is 0 Å². The average molecular weight is 296 g/mol. The van der Waals surface area contributed by atoms with Crippen LogP contribution in [0.4, 0.5) is 4.79 Å². The Morgan fingerprint density at radius 1 is 1.14 bits per heavy atom. The molecule has 21 heavy (non-hydrogen) atoms. The van der Waals surface area contributed by atoms with E-state index in [1.165, 1.54) is 25.7 Å². The Balaban J connectivity index is 2.06. The maximum absolute atomic E-state index is 12.6. The highest BCUT2D eigenvalue weighted by Crippen LogP contribution is 2.35. The van der Waals surface area contributed by atoms with Crippen molar-refractivity contribution in [1.29, 1.82) is 0 Å². The molecule has 2 aliphatic rings. The highest BCUT2D eigenvalue weighted by molar-refractivity contribution is 5.83. The van der Waals surface area contributed by atoms with Crippen molar-refractivity contribution in [1.82, 2.24) is 10.2 Å². The van der Waals surface area contributed by atoms with Crippen LogP contribution in [0, 0.1) is 11.3 Å². The number of carbonyl (C=O) groups excluding carboxylic acids is 1. The Morgan fingerprint density at radius 3 is 2.38 bits per heavy atom. The number of nitrogens with one attached hydrogen (secondary N) is 1. The van der Waals surface area contributed by atoms with Gasteiger partial charge in [-0.1, -0.05) is 33.6 Å². The van der Waals surface area contributed by atoms with Crippen LogP contribution >= 0.6 is 0 Å². The van der Waals surface area contributed by atoms with Gasteiger partial charge in [0.05, 0.1) is 0 Å². The molecule has 2 rings (SSSR count). The second kappa shape index (κ2) is 6.24. The molecule has 0 aromatic carbocycles. The van der Waals surface area contributed by atoms with Crippen LogP contribution in [0.5, 0.6) is 0 Å². The van der Waals surface area contributed by atoms with Crippen molar-refractivity contribution in [2.45, 2.75) is 71.4 Å². The summed E-state index contributed by atoms with van der Waals surface area (Å²) in [6.45, 7) is 6.27. The maximum atomic E-state index is 12.6. The van der Waals surface area contributed by atoms with E-state index in [9.17, 15) is 14.7 Å². The monoisotopic (exact) mass is 296 g/mol. The van der Waals surface area contributed by atoms with Crippen LogP contribution in [0.1, 0.15) is 59.3 Å². The molecule has 0 bridgehead atoms. The summed E-state index contributed by atoms with van der Waals surface area (Å²) >= 11 is 0. The summed E-state index contributed by atoms with van der Waals surface area (Å²) in [6, 6.07) is -0.746. The Labute approximate surface area is 127 Å². The van der Waals surface area contributed by atoms with Gasteiger partial charge < -0.3 is 15.3 Å². The number of likely N-dealkylation sites (tertiary alicyclic amines) is 1. The number of carboxylic acid groups (broad SMARTS) is 1. The summed E-state index contributed by atoms with van der Waals surface area (Å²) in [6.07, 6.45) is 6.93. The molecule has 2 fully saturated rings. The average Bonchev–Trinajstić information content (AvgIpc) is 2.42. The van der Waals surface area contributed by atoms with E-state index in [1.807, 2.05) is 25.7 Å². The molecule has 1 aliphatic carbocycles. The van der Waals surface area contributed by atoms with E-state index >= 15 is 0 Å². The number of carbonyl (C=O) groups is 2. The van der Waals surface area contributed by atoms with Gasteiger partial charge in [-0.3, -0.25) is 0 Å². The van der Waals surface area contributed by atoms with Crippen molar-refractivity contribution in [3.05, 3.63) is 0 Å². The molecule has 0 aromatic rings. The van der Waals surface area contributed by atoms with Gasteiger partial charge in [0.1, 0.15) is 6.04 Å². The van der Waals surface area contributed by atoms with Gasteiger partial charge in [0.2, 0.25) is 0 Å². The van der Waals surface area contributed by atoms with Crippen LogP contribution < -0.4 is 5.32 Å². The molecule has 1 heterocycles. The third-order valence-corrected chi connectivity index (χ3v) is 4.88. The van der Waals surface area contributed by atoms with Crippen molar-refractivity contribution < 1.29 is 14.7 Å². The zero-order valence-corrected chi connectivity index (χ0v) is 13.4. The number of nitrogens with zero attached hydrogens (tertiary/aromatic N) is 1. The fourth-order valence-corrected chi connectivity index (χ4v) is 3.73. The highest BCUT2D eigenvalue weighted by Gasteiger charge is 2.39. The second-order valence-electron chi connectivity index (χ2n) is 7.53. The molecule has 0 spiro atoms. The third kappa shape index (κ3) is 3.69. The molecule has 2 amide bonds. The lowest BCUT2D eigenvalue weighted by molar-refractivity contribution is -0.142. The summed E-state index contributed by atoms with van der Waals surface area (Å²) in [7, 11) is 0. The van der Waals surface area contributed by atoms with Gasteiger partial charge >= 0.3 is 12.0 Å². The molecule has 120 valence electrons. The minimum absolute atomic E-state index is 0.200. The molecule has 2 N–H and O–H groups in total. The Bertz CT molecular complexity index is 401. The molecule has 1 saturated heterocycles. The molecule has 0 radical (unpaired) electrons. The van der Waals surface area contributed by atoms with Gasteiger partial charge in [0.15, 0.2) is 0 Å². The van der Waals surface area contributed by atoms with Gasteiger partial charge in [0.25, 0.3) is 0 Å². The van der Waals surface area contributed by atoms with E-state index < -0.39 is 17.4 Å². The number of fused-ring (bicyclic) bond motifs is 1. The number of rotatable bonds is 2. The van der Waals surface area contributed by atoms with Crippen molar-refractivity contribution in [3.63, 3.8) is 0 Å². The lowest BCUT2D eigenvalue weighted by Crippen LogP contribution is -2.58. The number of carboxylic acids is 1. The number of aliphatic carboxylic acids is 1. The van der Waals surface area contributed by atoms with Gasteiger partial charge in [0, 0.05) is 12.6 Å². The zero-order chi connectivity index (χ0) is 15.6. The van der Waals surface area contributed by atoms with Gasteiger partial charge in [-0.25, -0.2) is 9.59 Å². The Hall–Kier alpha value is -1.26. The molecule has 5 nitrogen and oxygen atoms in total. The smallest absolute Gasteiger partial charge is 0.326 e. The molecule has 3 atom stereocenters. The molecule has 1 saturated carbocycles. The quantitative estimate of drug-likeness (QED) is 0.823. The minimum Gasteiger partial charge on any atom is -0.480 e. The van der Waals surface area contributed by atoms with E-state index in [0.29, 0.717) is 12.0 Å². The standard InChI is InChI=1S/C16H28N2O3/c1-16(2,3)13(14(19)20)17-15(21)18-10-6-8-11-7-4-5-9-12(11)18/h11-13H,4-10H2,1-3H3,(H,17,21)(H,19,20)/t11-,12-,13-/m1/s1. The SMILES string of the molecule is CC(C)(C)[C@H](NC(=O)N1CCC[C@H]2CCCC[C@H]21)C(=O)O. The topological polar surface area (TPSA) is 69.6 Å². The molecule has 0 unspecified atom stereocenters. The summed E-state index contributed by atoms with van der Waals surface area (Å²) in [5, 5.41) is 12.1. The largest absolute Gasteiger partial charge is 0.480 e. The van der Waals surface area contributed by atoms with Gasteiger partial charge in [-0.15, -0.1) is 0 Å². The Morgan fingerprint density at radius 2 is 1.76 bits per heavy atom. The summed E-state index contributed by atoms with van der Waals surface area (Å²) < 4.78 is 0. The fourth-order valence-electron chi connectivity index (χ4n) is 3.73. The summed E-state index contributed by atoms with van der Waals surface area (Å²) in [5.74, 6) is -0.357. The summed E-state index contributed by atoms with van der Waals surface area (Å²) in [4.78, 5) is 25.9. The van der Waals surface area contributed by atoms with Crippen molar-refractivity contribution in [2.24, 2.45) is 11.3 Å². The number of urea groups is 1. The maximum Gasteiger partial charge on any atom is 0.326 e. The number of amides is 2. The molecular formula is C16H28N2O3. The van der Waals surface area contributed by atoms with Gasteiger partial charge in [-0.2, -0.15) is 0 Å². The first-order chi connectivity index (χ1) is 9.80. The van der Waals surface area contributed by atoms with Crippen LogP contribution in [-0.4, -0.2) is 40.6 Å². The van der Waals surface area contributed by atoms with E-state index in [2.05, 4.69) is 5.32 Å². The summed E-state index contributed by atoms with van der Waals surface area (Å²) in [5.41, 5.74) is -0.497. The molecule has 5 heteroatoms. The van der Waals surface area contributed by atoms with E-state index in [0.717, 1.165) is 19.4 Å². The van der Waals surface area contributed by atoms with E-state index in [4.69, 9.17) is 0 Å². The van der Waals surface area contributed by atoms with Crippen molar-refractivity contribution >= 4 is 12.0 Å². The van der Waals surface area contributed by atoms with Crippen LogP contribution in [0.2, 0.25) is 0 Å². The second-order valence-corrected chi connectivity index (χ2v) is 7.53. The molecule has 1 aliphatic heterocycles. The number of hydrogen-bond donors (Lipinski definition) is 2. The third-order valence-electron chi connectivity index (χ3n) is 4.88. The first-order valence-corrected chi connectivity index (χ1v) is 8.10. The number of hydrogen-bond acceptors (Lipinski definition) is 2. The van der Waals surface area contributed by atoms with Crippen molar-refractivity contribution in [3.8, 4) is 0 Å². The first-order valence-electron chi connectivity index (χ1n) is 8.10. The zero-order valence-electron chi connectivity index (χ0n) is 13.4. The first kappa shape index (κ1) is 16.1. The van der Waals surface area contributed by atoms with Crippen LogP contribution in [0.3, 0.4) is 0 Å². The van der Waals surface area contributed by atoms with Crippen LogP contribution in [0.15, 0.2) is 0 Å². The van der Waals surface area contributed by atoms with E-state index in [-0.39, 0.29) is 6.03 Å². The van der Waals surface area contributed by atoms with Crippen molar-refractivity contribution in [2.75, 3.05) is 6.54 Å². The minimum atomic E-state index is -0.965. The Kier molecular flexibility index (Phi) is 4.79. The van der Waals surface area contributed by atoms with Crippen LogP contribution in [-0.2, 0) is 4.79 Å². The number of piperidine rings is 1. The molecular weight excluding hydrogens is 268 g/mol. The lowest BCUT2D eigenvalue weighted by Gasteiger charge is -2.44. The fraction of sp³-hybridized carbons (Fsp3) is 0.875. The normalized spacial score (nSPS) is 27.7. The predicted molar refractivity (Wildman–Crippen MR) is 81.1 cm³/mol.